The highest BCUT2D eigenvalue weighted by atomic mass is 35.5. The molecule has 0 radical (unpaired) electrons. The molecule has 5 nitrogen and oxygen atoms in total. The minimum atomic E-state index is -4.53. The van der Waals surface area contributed by atoms with Crippen LogP contribution in [-0.4, -0.2) is 27.5 Å². The lowest BCUT2D eigenvalue weighted by Crippen LogP contribution is -2.36. The molecule has 0 aliphatic carbocycles. The number of alkyl halides is 3. The van der Waals surface area contributed by atoms with Gasteiger partial charge in [-0.05, 0) is 17.7 Å². The van der Waals surface area contributed by atoms with Gasteiger partial charge in [-0.2, -0.15) is 18.3 Å². The number of ketones is 2. The van der Waals surface area contributed by atoms with Gasteiger partial charge in [-0.3, -0.25) is 9.59 Å². The van der Waals surface area contributed by atoms with Gasteiger partial charge in [0.25, 0.3) is 0 Å². The molecule has 4 rings (SSSR count). The molecule has 0 unspecified atom stereocenters. The maximum absolute atomic E-state index is 13.8. The second-order valence-corrected chi connectivity index (χ2v) is 7.99. The Morgan fingerprint density at radius 1 is 1.00 bits per heavy atom. The third-order valence-electron chi connectivity index (χ3n) is 5.49. The zero-order valence-electron chi connectivity index (χ0n) is 16.8. The Labute approximate surface area is 187 Å². The monoisotopic (exact) mass is 461 g/mol. The number of fused-ring (bicyclic) bond motifs is 1. The van der Waals surface area contributed by atoms with E-state index in [0.29, 0.717) is 11.1 Å². The van der Waals surface area contributed by atoms with E-state index < -0.39 is 24.0 Å². The molecule has 1 N–H and O–H groups in total. The molecular weight excluding hydrogens is 443 g/mol. The predicted molar refractivity (Wildman–Crippen MR) is 114 cm³/mol. The van der Waals surface area contributed by atoms with Crippen molar-refractivity contribution in [1.29, 1.82) is 0 Å². The highest BCUT2D eigenvalue weighted by Crippen LogP contribution is 2.44. The first kappa shape index (κ1) is 22.1. The van der Waals surface area contributed by atoms with Crippen molar-refractivity contribution in [3.05, 3.63) is 82.5 Å². The van der Waals surface area contributed by atoms with Gasteiger partial charge in [0, 0.05) is 24.8 Å². The van der Waals surface area contributed by atoms with Gasteiger partial charge in [0.2, 0.25) is 0 Å². The van der Waals surface area contributed by atoms with Crippen LogP contribution in [0.1, 0.15) is 57.6 Å². The van der Waals surface area contributed by atoms with Crippen LogP contribution in [0.5, 0.6) is 0 Å². The third-order valence-corrected chi connectivity index (χ3v) is 5.82. The van der Waals surface area contributed by atoms with Gasteiger partial charge in [-0.1, -0.05) is 54.1 Å². The average Bonchev–Trinajstić information content (AvgIpc) is 3.21. The van der Waals surface area contributed by atoms with Gasteiger partial charge >= 0.3 is 6.18 Å². The Morgan fingerprint density at radius 3 is 2.28 bits per heavy atom. The lowest BCUT2D eigenvalue weighted by molar-refractivity contribution is -0.173. The number of anilines is 1. The Kier molecular flexibility index (Phi) is 6.06. The number of aromatic nitrogens is 2. The maximum atomic E-state index is 13.8. The van der Waals surface area contributed by atoms with Crippen molar-refractivity contribution in [2.45, 2.75) is 37.5 Å². The molecule has 2 heterocycles. The van der Waals surface area contributed by atoms with E-state index in [1.165, 1.54) is 0 Å². The highest BCUT2D eigenvalue weighted by Gasteiger charge is 2.47. The largest absolute Gasteiger partial charge is 0.410 e. The highest BCUT2D eigenvalue weighted by molar-refractivity contribution is 6.34. The number of carbonyl (C=O) groups excluding carboxylic acids is 2. The van der Waals surface area contributed by atoms with Gasteiger partial charge in [0.05, 0.1) is 22.8 Å². The van der Waals surface area contributed by atoms with E-state index in [0.717, 1.165) is 10.9 Å². The van der Waals surface area contributed by atoms with Crippen LogP contribution in [0.15, 0.2) is 60.8 Å². The van der Waals surface area contributed by atoms with Crippen molar-refractivity contribution < 1.29 is 22.8 Å². The molecule has 166 valence electrons. The van der Waals surface area contributed by atoms with Crippen molar-refractivity contribution in [3.8, 4) is 0 Å². The molecule has 3 aromatic rings. The van der Waals surface area contributed by atoms with E-state index in [-0.39, 0.29) is 41.4 Å². The van der Waals surface area contributed by atoms with Gasteiger partial charge in [-0.25, -0.2) is 4.68 Å². The van der Waals surface area contributed by atoms with Crippen LogP contribution in [0.25, 0.3) is 0 Å². The summed E-state index contributed by atoms with van der Waals surface area (Å²) in [4.78, 5) is 25.3. The summed E-state index contributed by atoms with van der Waals surface area (Å²) >= 11 is 6.03. The summed E-state index contributed by atoms with van der Waals surface area (Å²) in [6.07, 6.45) is -3.93. The molecule has 0 fully saturated rings. The first-order chi connectivity index (χ1) is 15.3. The van der Waals surface area contributed by atoms with Gasteiger partial charge in [-0.15, -0.1) is 0 Å². The zero-order valence-corrected chi connectivity index (χ0v) is 17.5. The smallest absolute Gasteiger partial charge is 0.363 e. The molecule has 1 aliphatic heterocycles. The van der Waals surface area contributed by atoms with E-state index in [4.69, 9.17) is 11.6 Å². The zero-order chi connectivity index (χ0) is 22.9. The van der Waals surface area contributed by atoms with E-state index in [1.807, 2.05) is 0 Å². The minimum Gasteiger partial charge on any atom is -0.363 e. The summed E-state index contributed by atoms with van der Waals surface area (Å²) in [6.45, 7) is 0. The molecule has 2 aromatic carbocycles. The first-order valence-electron chi connectivity index (χ1n) is 10.0. The Hall–Kier alpha value is -3.13. The number of benzene rings is 2. The van der Waals surface area contributed by atoms with E-state index in [1.54, 1.807) is 54.6 Å². The van der Waals surface area contributed by atoms with Crippen LogP contribution in [-0.2, 0) is 0 Å². The molecule has 1 aromatic heterocycles. The molecule has 0 saturated carbocycles. The number of carbonyl (C=O) groups is 2. The molecule has 0 bridgehead atoms. The second-order valence-electron chi connectivity index (χ2n) is 7.58. The van der Waals surface area contributed by atoms with Crippen molar-refractivity contribution in [2.24, 2.45) is 0 Å². The number of nitrogens with one attached hydrogen (secondary N) is 1. The van der Waals surface area contributed by atoms with Crippen molar-refractivity contribution in [3.63, 3.8) is 0 Å². The van der Waals surface area contributed by atoms with Crippen LogP contribution in [0, 0.1) is 0 Å². The van der Waals surface area contributed by atoms with Gasteiger partial charge < -0.3 is 5.32 Å². The lowest BCUT2D eigenvalue weighted by Gasteiger charge is -2.34. The molecule has 1 aliphatic rings. The van der Waals surface area contributed by atoms with E-state index in [9.17, 15) is 22.8 Å². The number of hydrogen-bond acceptors (Lipinski definition) is 4. The van der Waals surface area contributed by atoms with Gasteiger partial charge in [0.15, 0.2) is 17.6 Å². The fourth-order valence-electron chi connectivity index (χ4n) is 3.85. The molecule has 0 saturated heterocycles. The number of rotatable bonds is 6. The fourth-order valence-corrected chi connectivity index (χ4v) is 4.10. The van der Waals surface area contributed by atoms with Crippen molar-refractivity contribution in [2.75, 3.05) is 5.32 Å². The quantitative estimate of drug-likeness (QED) is 0.454. The van der Waals surface area contributed by atoms with Crippen LogP contribution in [0.2, 0.25) is 5.02 Å². The maximum Gasteiger partial charge on any atom is 0.410 e. The summed E-state index contributed by atoms with van der Waals surface area (Å²) in [6, 6.07) is 12.8. The van der Waals surface area contributed by atoms with E-state index in [2.05, 4.69) is 10.4 Å². The molecular formula is C23H19ClF3N3O2. The summed E-state index contributed by atoms with van der Waals surface area (Å²) < 4.78 is 42.1. The standard InChI is InChI=1S/C23H19ClF3N3O2/c24-17-9-5-4-8-15(17)19(31)10-11-20(32)16-13-28-30-21(23(25,26)27)12-18(29-22(16)30)14-6-2-1-3-7-14/h1-9,13,18,21,29H,10-12H2/t18-,21+/m0/s1. The topological polar surface area (TPSA) is 64.0 Å². The van der Waals surface area contributed by atoms with Gasteiger partial charge in [0.1, 0.15) is 5.82 Å². The molecule has 2 atom stereocenters. The lowest BCUT2D eigenvalue weighted by atomic mass is 9.96. The van der Waals surface area contributed by atoms with Crippen LogP contribution >= 0.6 is 11.6 Å². The van der Waals surface area contributed by atoms with Crippen LogP contribution < -0.4 is 5.32 Å². The Balaban J connectivity index is 1.58. The molecule has 0 amide bonds. The summed E-state index contributed by atoms with van der Waals surface area (Å²) in [5.41, 5.74) is 1.02. The first-order valence-corrected chi connectivity index (χ1v) is 10.4. The third kappa shape index (κ3) is 4.41. The Bertz CT molecular complexity index is 1140. The summed E-state index contributed by atoms with van der Waals surface area (Å²) in [7, 11) is 0. The van der Waals surface area contributed by atoms with Crippen molar-refractivity contribution >= 4 is 29.0 Å². The molecule has 9 heteroatoms. The van der Waals surface area contributed by atoms with Crippen molar-refractivity contribution in [1.82, 2.24) is 9.78 Å². The Morgan fingerprint density at radius 2 is 1.62 bits per heavy atom. The molecule has 32 heavy (non-hydrogen) atoms. The second kappa shape index (κ2) is 8.78. The normalized spacial score (nSPS) is 18.0. The number of hydrogen-bond donors (Lipinski definition) is 1. The molecule has 0 spiro atoms. The predicted octanol–water partition coefficient (Wildman–Crippen LogP) is 6.04. The average molecular weight is 462 g/mol. The van der Waals surface area contributed by atoms with Crippen LogP contribution in [0.4, 0.5) is 19.0 Å². The fraction of sp³-hybridized carbons (Fsp3) is 0.261. The number of nitrogens with zero attached hydrogens (tertiary/aromatic N) is 2. The number of Topliss-reactive ketones (excluding diaryl/α,β-unsaturated/α-hetero) is 2. The number of halogens is 4. The minimum absolute atomic E-state index is 0.0163. The van der Waals surface area contributed by atoms with Crippen LogP contribution in [0.3, 0.4) is 0 Å². The van der Waals surface area contributed by atoms with E-state index >= 15 is 0 Å². The summed E-state index contributed by atoms with van der Waals surface area (Å²) in [5.74, 6) is -0.760. The summed E-state index contributed by atoms with van der Waals surface area (Å²) in [5, 5.41) is 7.19. The SMILES string of the molecule is O=C(CCC(=O)c1cnn2c1N[C@H](c1ccccc1)C[C@@H]2C(F)(F)F)c1ccccc1Cl.